The maximum Gasteiger partial charge on any atom is 0.212 e. The summed E-state index contributed by atoms with van der Waals surface area (Å²) in [6.07, 6.45) is 11.0. The summed E-state index contributed by atoms with van der Waals surface area (Å²) < 4.78 is 2.46. The fraction of sp³-hybridized carbons (Fsp3) is 0.533. The number of nitrogens with zero attached hydrogens (tertiary/aromatic N) is 1. The Balaban J connectivity index is 2.19. The van der Waals surface area contributed by atoms with Gasteiger partial charge in [0.1, 0.15) is 6.54 Å². The van der Waals surface area contributed by atoms with Gasteiger partial charge in [-0.2, -0.15) is 4.58 Å². The van der Waals surface area contributed by atoms with Gasteiger partial charge in [0.2, 0.25) is 5.70 Å². The zero-order valence-electron chi connectivity index (χ0n) is 10.5. The maximum absolute atomic E-state index is 2.46. The van der Waals surface area contributed by atoms with Crippen LogP contribution in [0, 0.1) is 5.41 Å². The Kier molecular flexibility index (Phi) is 2.01. The van der Waals surface area contributed by atoms with E-state index in [0.29, 0.717) is 0 Å². The zero-order valence-corrected chi connectivity index (χ0v) is 10.5. The molecule has 0 aromatic carbocycles. The first-order valence-electron chi connectivity index (χ1n) is 6.35. The van der Waals surface area contributed by atoms with Crippen molar-refractivity contribution >= 4 is 6.21 Å². The molecule has 0 saturated heterocycles. The predicted molar refractivity (Wildman–Crippen MR) is 67.7 cm³/mol. The van der Waals surface area contributed by atoms with E-state index in [1.54, 1.807) is 5.57 Å². The second-order valence-corrected chi connectivity index (χ2v) is 5.71. The molecular weight excluding hydrogens is 194 g/mol. The van der Waals surface area contributed by atoms with Crippen LogP contribution in [0.2, 0.25) is 0 Å². The first-order valence-corrected chi connectivity index (χ1v) is 6.35. The molecule has 2 heterocycles. The second-order valence-electron chi connectivity index (χ2n) is 5.71. The third-order valence-corrected chi connectivity index (χ3v) is 4.41. The van der Waals surface area contributed by atoms with E-state index in [4.69, 9.17) is 0 Å². The van der Waals surface area contributed by atoms with E-state index in [9.17, 15) is 0 Å². The van der Waals surface area contributed by atoms with Gasteiger partial charge < -0.3 is 0 Å². The highest BCUT2D eigenvalue weighted by Crippen LogP contribution is 2.46. The van der Waals surface area contributed by atoms with Crippen molar-refractivity contribution in [3.8, 4) is 0 Å². The molecule has 2 aliphatic heterocycles. The van der Waals surface area contributed by atoms with Gasteiger partial charge >= 0.3 is 0 Å². The Hall–Kier alpha value is -1.11. The molecule has 0 aromatic rings. The molecule has 0 atom stereocenters. The molecule has 0 saturated carbocycles. The molecular formula is C15H20N+. The summed E-state index contributed by atoms with van der Waals surface area (Å²) in [5, 5.41) is 0. The summed E-state index contributed by atoms with van der Waals surface area (Å²) in [5.41, 5.74) is 6.34. The molecule has 16 heavy (non-hydrogen) atoms. The molecule has 0 amide bonds. The van der Waals surface area contributed by atoms with Crippen LogP contribution in [0.5, 0.6) is 0 Å². The number of hydrogen-bond donors (Lipinski definition) is 0. The summed E-state index contributed by atoms with van der Waals surface area (Å²) >= 11 is 0. The van der Waals surface area contributed by atoms with E-state index in [0.717, 1.165) is 0 Å². The second kappa shape index (κ2) is 3.19. The van der Waals surface area contributed by atoms with Gasteiger partial charge in [-0.15, -0.1) is 0 Å². The predicted octanol–water partition coefficient (Wildman–Crippen LogP) is 3.43. The molecule has 1 nitrogen and oxygen atoms in total. The molecule has 1 heteroatoms. The Morgan fingerprint density at radius 1 is 1.25 bits per heavy atom. The van der Waals surface area contributed by atoms with E-state index in [1.165, 1.54) is 42.7 Å². The van der Waals surface area contributed by atoms with Crippen LogP contribution in [0.4, 0.5) is 0 Å². The van der Waals surface area contributed by atoms with Crippen molar-refractivity contribution in [1.29, 1.82) is 0 Å². The summed E-state index contributed by atoms with van der Waals surface area (Å²) in [4.78, 5) is 0. The molecule has 0 aromatic heterocycles. The molecule has 0 radical (unpaired) electrons. The standard InChI is InChI=1S/C15H20N/c1-11-10-12-6-4-5-8-16-9-7-13(14(12)16)15(11,2)3/h7,9-10H,4-6,8H2,1-3H3/q+1. The van der Waals surface area contributed by atoms with E-state index >= 15 is 0 Å². The summed E-state index contributed by atoms with van der Waals surface area (Å²) in [7, 11) is 0. The topological polar surface area (TPSA) is 3.01 Å². The highest BCUT2D eigenvalue weighted by molar-refractivity contribution is 5.75. The van der Waals surface area contributed by atoms with Gasteiger partial charge in [0.15, 0.2) is 6.21 Å². The van der Waals surface area contributed by atoms with Gasteiger partial charge in [-0.25, -0.2) is 0 Å². The first-order chi connectivity index (χ1) is 7.60. The molecule has 0 unspecified atom stereocenters. The van der Waals surface area contributed by atoms with Crippen molar-refractivity contribution in [3.05, 3.63) is 34.6 Å². The summed E-state index contributed by atoms with van der Waals surface area (Å²) in [6, 6.07) is 0. The van der Waals surface area contributed by atoms with Crippen LogP contribution in [0.25, 0.3) is 0 Å². The lowest BCUT2D eigenvalue weighted by atomic mass is 9.72. The molecule has 0 N–H and O–H groups in total. The van der Waals surface area contributed by atoms with Crippen molar-refractivity contribution in [3.63, 3.8) is 0 Å². The van der Waals surface area contributed by atoms with Gasteiger partial charge in [-0.1, -0.05) is 25.5 Å². The molecule has 1 aliphatic carbocycles. The number of rotatable bonds is 0. The minimum Gasteiger partial charge on any atom is -0.198 e. The highest BCUT2D eigenvalue weighted by Gasteiger charge is 2.41. The van der Waals surface area contributed by atoms with Crippen LogP contribution in [0.15, 0.2) is 34.6 Å². The van der Waals surface area contributed by atoms with E-state index in [1.807, 2.05) is 0 Å². The molecule has 3 aliphatic rings. The molecule has 84 valence electrons. The Labute approximate surface area is 97.9 Å². The van der Waals surface area contributed by atoms with Crippen LogP contribution in [-0.2, 0) is 0 Å². The highest BCUT2D eigenvalue weighted by atomic mass is 15.0. The van der Waals surface area contributed by atoms with Gasteiger partial charge in [0.25, 0.3) is 0 Å². The quantitative estimate of drug-likeness (QED) is 0.543. The summed E-state index contributed by atoms with van der Waals surface area (Å²) in [6.45, 7) is 8.16. The molecule has 0 fully saturated rings. The number of allylic oxidation sites excluding steroid dienone is 5. The van der Waals surface area contributed by atoms with E-state index in [2.05, 4.69) is 43.7 Å². The lowest BCUT2D eigenvalue weighted by Crippen LogP contribution is -2.24. The van der Waals surface area contributed by atoms with Gasteiger partial charge in [-0.3, -0.25) is 0 Å². The fourth-order valence-corrected chi connectivity index (χ4v) is 3.03. The maximum atomic E-state index is 2.46. The minimum absolute atomic E-state index is 0.217. The van der Waals surface area contributed by atoms with Crippen molar-refractivity contribution in [2.75, 3.05) is 6.54 Å². The van der Waals surface area contributed by atoms with Gasteiger partial charge in [0.05, 0.1) is 0 Å². The summed E-state index contributed by atoms with van der Waals surface area (Å²) in [5.74, 6) is 0. The van der Waals surface area contributed by atoms with Crippen molar-refractivity contribution in [2.24, 2.45) is 5.41 Å². The monoisotopic (exact) mass is 214 g/mol. The SMILES string of the molecule is CC1=CC2=C3C(=CC=[N+]3CCCC2)C1(C)C. The third kappa shape index (κ3) is 1.20. The number of hydrogen-bond acceptors (Lipinski definition) is 0. The molecule has 3 rings (SSSR count). The smallest absolute Gasteiger partial charge is 0.198 e. The average Bonchev–Trinajstić information content (AvgIpc) is 2.56. The van der Waals surface area contributed by atoms with Crippen LogP contribution >= 0.6 is 0 Å². The van der Waals surface area contributed by atoms with Crippen LogP contribution < -0.4 is 0 Å². The first kappa shape index (κ1) is 10.1. The van der Waals surface area contributed by atoms with Crippen LogP contribution in [0.1, 0.15) is 40.0 Å². The lowest BCUT2D eigenvalue weighted by Gasteiger charge is -2.31. The van der Waals surface area contributed by atoms with Crippen molar-refractivity contribution < 1.29 is 4.58 Å². The average molecular weight is 214 g/mol. The normalized spacial score (nSPS) is 26.8. The minimum atomic E-state index is 0.217. The Morgan fingerprint density at radius 2 is 2.06 bits per heavy atom. The largest absolute Gasteiger partial charge is 0.212 e. The zero-order chi connectivity index (χ0) is 11.3. The van der Waals surface area contributed by atoms with E-state index in [-0.39, 0.29) is 5.41 Å². The molecule has 0 spiro atoms. The Bertz CT molecular complexity index is 470. The molecule has 0 bridgehead atoms. The van der Waals surface area contributed by atoms with Crippen LogP contribution in [0.3, 0.4) is 0 Å². The van der Waals surface area contributed by atoms with E-state index < -0.39 is 0 Å². The lowest BCUT2D eigenvalue weighted by molar-refractivity contribution is -0.466. The third-order valence-electron chi connectivity index (χ3n) is 4.41. The van der Waals surface area contributed by atoms with Crippen molar-refractivity contribution in [1.82, 2.24) is 0 Å². The van der Waals surface area contributed by atoms with Gasteiger partial charge in [0, 0.05) is 29.1 Å². The van der Waals surface area contributed by atoms with Crippen LogP contribution in [-0.4, -0.2) is 17.3 Å². The van der Waals surface area contributed by atoms with Gasteiger partial charge in [-0.05, 0) is 19.8 Å². The van der Waals surface area contributed by atoms with Crippen molar-refractivity contribution in [2.45, 2.75) is 40.0 Å². The Morgan fingerprint density at radius 3 is 2.88 bits per heavy atom. The fourth-order valence-electron chi connectivity index (χ4n) is 3.03.